The standard InChI is InChI=1S/C13H19NO3/c1-3-9-16-13(15)11(4-2)17-12-8-6-5-7-10(12)14/h5-8,11H,3-4,9,14H2,1-2H3. The number of para-hydroxylation sites is 2. The first-order chi connectivity index (χ1) is 8.19. The predicted molar refractivity (Wildman–Crippen MR) is 66.8 cm³/mol. The number of ether oxygens (including phenoxy) is 2. The summed E-state index contributed by atoms with van der Waals surface area (Å²) in [5, 5.41) is 0. The lowest BCUT2D eigenvalue weighted by Gasteiger charge is -2.17. The second-order valence-corrected chi connectivity index (χ2v) is 3.72. The van der Waals surface area contributed by atoms with Crippen molar-refractivity contribution >= 4 is 11.7 Å². The molecule has 0 heterocycles. The summed E-state index contributed by atoms with van der Waals surface area (Å²) in [7, 11) is 0. The lowest BCUT2D eigenvalue weighted by atomic mass is 10.2. The first kappa shape index (κ1) is 13.4. The van der Waals surface area contributed by atoms with Gasteiger partial charge in [0.1, 0.15) is 5.75 Å². The van der Waals surface area contributed by atoms with E-state index >= 15 is 0 Å². The van der Waals surface area contributed by atoms with Crippen molar-refractivity contribution in [1.82, 2.24) is 0 Å². The largest absolute Gasteiger partial charge is 0.477 e. The van der Waals surface area contributed by atoms with Crippen molar-refractivity contribution in [2.45, 2.75) is 32.8 Å². The molecule has 0 bridgehead atoms. The average Bonchev–Trinajstić information content (AvgIpc) is 2.35. The van der Waals surface area contributed by atoms with Crippen molar-refractivity contribution in [1.29, 1.82) is 0 Å². The maximum atomic E-state index is 11.7. The van der Waals surface area contributed by atoms with Crippen LogP contribution in [-0.4, -0.2) is 18.7 Å². The average molecular weight is 237 g/mol. The summed E-state index contributed by atoms with van der Waals surface area (Å²) < 4.78 is 10.6. The zero-order valence-corrected chi connectivity index (χ0v) is 10.3. The highest BCUT2D eigenvalue weighted by Gasteiger charge is 2.20. The maximum absolute atomic E-state index is 11.7. The molecule has 2 N–H and O–H groups in total. The van der Waals surface area contributed by atoms with Gasteiger partial charge in [0.2, 0.25) is 0 Å². The number of hydrogen-bond acceptors (Lipinski definition) is 4. The van der Waals surface area contributed by atoms with E-state index in [1.54, 1.807) is 12.1 Å². The Morgan fingerprint density at radius 1 is 1.35 bits per heavy atom. The Balaban J connectivity index is 2.63. The molecule has 94 valence electrons. The number of nitrogen functional groups attached to an aromatic ring is 1. The van der Waals surface area contributed by atoms with Gasteiger partial charge < -0.3 is 15.2 Å². The van der Waals surface area contributed by atoms with Crippen LogP contribution >= 0.6 is 0 Å². The summed E-state index contributed by atoms with van der Waals surface area (Å²) >= 11 is 0. The first-order valence-corrected chi connectivity index (χ1v) is 5.86. The van der Waals surface area contributed by atoms with Crippen LogP contribution in [0.25, 0.3) is 0 Å². The van der Waals surface area contributed by atoms with Crippen molar-refractivity contribution in [3.63, 3.8) is 0 Å². The molecule has 1 rings (SSSR count). The number of rotatable bonds is 6. The highest BCUT2D eigenvalue weighted by Crippen LogP contribution is 2.22. The summed E-state index contributed by atoms with van der Waals surface area (Å²) in [6.45, 7) is 4.24. The number of benzene rings is 1. The highest BCUT2D eigenvalue weighted by molar-refractivity contribution is 5.75. The smallest absolute Gasteiger partial charge is 0.347 e. The van der Waals surface area contributed by atoms with Crippen LogP contribution in [0, 0.1) is 0 Å². The Morgan fingerprint density at radius 2 is 2.06 bits per heavy atom. The van der Waals surface area contributed by atoms with E-state index in [2.05, 4.69) is 0 Å². The molecule has 0 saturated heterocycles. The Kier molecular flexibility index (Phi) is 5.33. The van der Waals surface area contributed by atoms with Gasteiger partial charge in [-0.3, -0.25) is 0 Å². The minimum absolute atomic E-state index is 0.336. The number of anilines is 1. The lowest BCUT2D eigenvalue weighted by molar-refractivity contribution is -0.152. The van der Waals surface area contributed by atoms with Crippen LogP contribution in [0.4, 0.5) is 5.69 Å². The van der Waals surface area contributed by atoms with Gasteiger partial charge in [-0.25, -0.2) is 4.79 Å². The third-order valence-corrected chi connectivity index (χ3v) is 2.27. The zero-order chi connectivity index (χ0) is 12.7. The van der Waals surface area contributed by atoms with E-state index in [0.717, 1.165) is 6.42 Å². The molecule has 17 heavy (non-hydrogen) atoms. The van der Waals surface area contributed by atoms with Crippen LogP contribution in [0.1, 0.15) is 26.7 Å². The summed E-state index contributed by atoms with van der Waals surface area (Å²) in [6.07, 6.45) is 0.762. The minimum Gasteiger partial charge on any atom is -0.477 e. The molecule has 0 fully saturated rings. The van der Waals surface area contributed by atoms with Crippen molar-refractivity contribution in [3.8, 4) is 5.75 Å². The number of hydrogen-bond donors (Lipinski definition) is 1. The lowest BCUT2D eigenvalue weighted by Crippen LogP contribution is -2.29. The fourth-order valence-electron chi connectivity index (χ4n) is 1.33. The molecule has 4 heteroatoms. The van der Waals surface area contributed by atoms with E-state index in [1.165, 1.54) is 0 Å². The maximum Gasteiger partial charge on any atom is 0.347 e. The third-order valence-electron chi connectivity index (χ3n) is 2.27. The van der Waals surface area contributed by atoms with E-state index in [-0.39, 0.29) is 5.97 Å². The molecule has 1 aromatic rings. The molecule has 0 aromatic heterocycles. The first-order valence-electron chi connectivity index (χ1n) is 5.86. The predicted octanol–water partition coefficient (Wildman–Crippen LogP) is 2.38. The monoisotopic (exact) mass is 237 g/mol. The Bertz CT molecular complexity index is 365. The van der Waals surface area contributed by atoms with Gasteiger partial charge in [0.15, 0.2) is 6.10 Å². The van der Waals surface area contributed by atoms with Gasteiger partial charge in [-0.2, -0.15) is 0 Å². The van der Waals surface area contributed by atoms with E-state index in [1.807, 2.05) is 26.0 Å². The molecule has 0 radical (unpaired) electrons. The molecule has 0 saturated carbocycles. The molecular weight excluding hydrogens is 218 g/mol. The zero-order valence-electron chi connectivity index (χ0n) is 10.3. The Morgan fingerprint density at radius 3 is 2.65 bits per heavy atom. The van der Waals surface area contributed by atoms with Gasteiger partial charge in [0, 0.05) is 0 Å². The second kappa shape index (κ2) is 6.78. The molecule has 1 atom stereocenters. The fourth-order valence-corrected chi connectivity index (χ4v) is 1.33. The normalized spacial score (nSPS) is 11.9. The molecular formula is C13H19NO3. The summed E-state index contributed by atoms with van der Waals surface area (Å²) in [5.74, 6) is 0.186. The molecule has 1 aromatic carbocycles. The number of carbonyl (C=O) groups is 1. The fraction of sp³-hybridized carbons (Fsp3) is 0.462. The second-order valence-electron chi connectivity index (χ2n) is 3.72. The van der Waals surface area contributed by atoms with E-state index < -0.39 is 6.10 Å². The van der Waals surface area contributed by atoms with E-state index in [4.69, 9.17) is 15.2 Å². The van der Waals surface area contributed by atoms with Gasteiger partial charge in [-0.15, -0.1) is 0 Å². The quantitative estimate of drug-likeness (QED) is 0.609. The highest BCUT2D eigenvalue weighted by atomic mass is 16.6. The Labute approximate surface area is 102 Å². The van der Waals surface area contributed by atoms with Gasteiger partial charge >= 0.3 is 5.97 Å². The van der Waals surface area contributed by atoms with Crippen LogP contribution in [0.15, 0.2) is 24.3 Å². The number of carbonyl (C=O) groups excluding carboxylic acids is 1. The van der Waals surface area contributed by atoms with Crippen LogP contribution < -0.4 is 10.5 Å². The van der Waals surface area contributed by atoms with Gasteiger partial charge in [0.05, 0.1) is 12.3 Å². The number of esters is 1. The van der Waals surface area contributed by atoms with Gasteiger partial charge in [-0.05, 0) is 25.0 Å². The van der Waals surface area contributed by atoms with Crippen molar-refractivity contribution in [2.75, 3.05) is 12.3 Å². The molecule has 0 amide bonds. The van der Waals surface area contributed by atoms with Crippen molar-refractivity contribution in [3.05, 3.63) is 24.3 Å². The molecule has 1 unspecified atom stereocenters. The van der Waals surface area contributed by atoms with Crippen LogP contribution in [-0.2, 0) is 9.53 Å². The van der Waals surface area contributed by atoms with Crippen LogP contribution in [0.5, 0.6) is 5.75 Å². The topological polar surface area (TPSA) is 61.5 Å². The van der Waals surface area contributed by atoms with Crippen LogP contribution in [0.3, 0.4) is 0 Å². The molecule has 0 aliphatic heterocycles. The number of nitrogens with two attached hydrogens (primary N) is 1. The molecule has 0 aliphatic rings. The molecule has 0 spiro atoms. The summed E-state index contributed by atoms with van der Waals surface area (Å²) in [5.41, 5.74) is 6.27. The summed E-state index contributed by atoms with van der Waals surface area (Å²) in [4.78, 5) is 11.7. The Hall–Kier alpha value is -1.71. The molecule has 0 aliphatic carbocycles. The van der Waals surface area contributed by atoms with Gasteiger partial charge in [0.25, 0.3) is 0 Å². The third kappa shape index (κ3) is 3.98. The van der Waals surface area contributed by atoms with Crippen LogP contribution in [0.2, 0.25) is 0 Å². The van der Waals surface area contributed by atoms with E-state index in [9.17, 15) is 4.79 Å². The van der Waals surface area contributed by atoms with E-state index in [0.29, 0.717) is 24.5 Å². The minimum atomic E-state index is -0.591. The van der Waals surface area contributed by atoms with Gasteiger partial charge in [-0.1, -0.05) is 26.0 Å². The summed E-state index contributed by atoms with van der Waals surface area (Å²) in [6, 6.07) is 7.11. The molecule has 4 nitrogen and oxygen atoms in total. The van der Waals surface area contributed by atoms with Crippen molar-refractivity contribution < 1.29 is 14.3 Å². The SMILES string of the molecule is CCCOC(=O)C(CC)Oc1ccccc1N. The van der Waals surface area contributed by atoms with Crippen molar-refractivity contribution in [2.24, 2.45) is 0 Å².